The minimum Gasteiger partial charge on any atom is -0.492 e. The summed E-state index contributed by atoms with van der Waals surface area (Å²) in [5.41, 5.74) is 3.98. The van der Waals surface area contributed by atoms with Crippen molar-refractivity contribution in [2.45, 2.75) is 62.6 Å². The van der Waals surface area contributed by atoms with E-state index in [0.717, 1.165) is 50.6 Å². The molecule has 7 nitrogen and oxygen atoms in total. The first-order valence-electron chi connectivity index (χ1n) is 14.9. The maximum atomic E-state index is 14.8. The fourth-order valence-corrected chi connectivity index (χ4v) is 6.12. The quantitative estimate of drug-likeness (QED) is 0.197. The van der Waals surface area contributed by atoms with Gasteiger partial charge < -0.3 is 25.0 Å². The van der Waals surface area contributed by atoms with Gasteiger partial charge in [-0.3, -0.25) is 9.69 Å². The third-order valence-electron chi connectivity index (χ3n) is 8.78. The van der Waals surface area contributed by atoms with E-state index in [9.17, 15) is 35.5 Å². The molecular weight excluding hydrogens is 609 g/mol. The maximum absolute atomic E-state index is 14.8. The lowest BCUT2D eigenvalue weighted by molar-refractivity contribution is -0.138. The molecule has 1 aromatic carbocycles. The lowest BCUT2D eigenvalue weighted by Crippen LogP contribution is -2.53. The molecule has 0 bridgehead atoms. The van der Waals surface area contributed by atoms with Crippen LogP contribution in [0.4, 0.5) is 30.7 Å². The zero-order chi connectivity index (χ0) is 33.0. The molecule has 1 saturated carbocycles. The largest absolute Gasteiger partial charge is 0.492 e. The third kappa shape index (κ3) is 7.83. The highest BCUT2D eigenvalue weighted by atomic mass is 19.4. The summed E-state index contributed by atoms with van der Waals surface area (Å²) in [5, 5.41) is 0. The number of halogens is 7. The Kier molecular flexibility index (Phi) is 10.9. The number of methoxy groups -OCH3 is 1. The van der Waals surface area contributed by atoms with E-state index in [1.165, 1.54) is 18.0 Å². The topological polar surface area (TPSA) is 71.3 Å². The first-order valence-corrected chi connectivity index (χ1v) is 14.9. The van der Waals surface area contributed by atoms with Crippen LogP contribution in [-0.4, -0.2) is 91.9 Å². The fraction of sp³-hybridized carbons (Fsp3) is 0.581. The molecule has 1 spiro atoms. The highest BCUT2D eigenvalue weighted by molar-refractivity contribution is 5.97. The molecule has 2 aliphatic heterocycles. The third-order valence-corrected chi connectivity index (χ3v) is 8.78. The summed E-state index contributed by atoms with van der Waals surface area (Å²) >= 11 is 0. The summed E-state index contributed by atoms with van der Waals surface area (Å²) in [6.45, 7) is 1.30. The van der Waals surface area contributed by atoms with Gasteiger partial charge in [0.05, 0.1) is 30.6 Å². The monoisotopic (exact) mass is 648 g/mol. The first kappa shape index (κ1) is 34.8. The number of amides is 1. The van der Waals surface area contributed by atoms with E-state index in [4.69, 9.17) is 10.5 Å². The van der Waals surface area contributed by atoms with E-state index >= 15 is 0 Å². The normalized spacial score (nSPS) is 19.8. The number of ether oxygens (including phenoxy) is 2. The Morgan fingerprint density at radius 1 is 1.18 bits per heavy atom. The maximum Gasteiger partial charge on any atom is 0.448 e. The number of piperidine rings is 1. The average Bonchev–Trinajstić information content (AvgIpc) is 3.30. The second-order valence-corrected chi connectivity index (χ2v) is 11.6. The van der Waals surface area contributed by atoms with Gasteiger partial charge in [-0.05, 0) is 50.3 Å². The second kappa shape index (κ2) is 14.1. The van der Waals surface area contributed by atoms with Gasteiger partial charge in [-0.1, -0.05) is 18.2 Å². The zero-order valence-electron chi connectivity index (χ0n) is 25.3. The summed E-state index contributed by atoms with van der Waals surface area (Å²) in [6, 6.07) is 2.81. The molecule has 0 unspecified atom stereocenters. The van der Waals surface area contributed by atoms with E-state index in [0.29, 0.717) is 50.3 Å². The van der Waals surface area contributed by atoms with Crippen LogP contribution in [0, 0.1) is 5.82 Å². The molecule has 0 aromatic heterocycles. The number of alkyl halides is 6. The van der Waals surface area contributed by atoms with Crippen molar-refractivity contribution in [2.75, 3.05) is 53.5 Å². The number of hydrogen-bond donors (Lipinski definition) is 1. The van der Waals surface area contributed by atoms with Crippen molar-refractivity contribution >= 4 is 5.91 Å². The second-order valence-electron chi connectivity index (χ2n) is 11.6. The molecule has 2 heterocycles. The highest BCUT2D eigenvalue weighted by Crippen LogP contribution is 2.44. The van der Waals surface area contributed by atoms with Gasteiger partial charge in [-0.15, -0.1) is 0 Å². The standard InChI is InChI=1S/C31H39F7N4O3/c1-40(19-22-23(30(33,34)35)9-6-10-24(22)32)25-20-45-29(27(25)28(43)42(18-14-39)21-7-5-8-21)12-16-41(17-13-29)15-4-3-11-26(44-2)31(36,37)38/h3-4,6,9-11,21H,5,7-8,12-20,39H2,1-2H3/b4-3+,26-11-. The number of carbonyl (C=O) groups is 1. The minimum atomic E-state index is -4.77. The molecule has 4 rings (SSSR count). The molecule has 45 heavy (non-hydrogen) atoms. The van der Waals surface area contributed by atoms with Gasteiger partial charge in [-0.25, -0.2) is 4.39 Å². The first-order chi connectivity index (χ1) is 21.2. The molecule has 2 fully saturated rings. The SMILES string of the molecule is CO/C(=C\C=C\CN1CCC2(CC1)OCC(N(C)Cc1c(F)cccc1C(F)(F)F)=C2C(=O)N(CCN)C1CCC1)C(F)(F)F. The number of carbonyl (C=O) groups excluding carboxylic acids is 1. The van der Waals surface area contributed by atoms with Crippen molar-refractivity contribution < 1.29 is 45.0 Å². The van der Waals surface area contributed by atoms with Crippen LogP contribution in [0.2, 0.25) is 0 Å². The van der Waals surface area contributed by atoms with Crippen LogP contribution in [0.3, 0.4) is 0 Å². The highest BCUT2D eigenvalue weighted by Gasteiger charge is 2.50. The molecule has 0 radical (unpaired) electrons. The Balaban J connectivity index is 1.60. The molecule has 250 valence electrons. The fourth-order valence-electron chi connectivity index (χ4n) is 6.12. The van der Waals surface area contributed by atoms with E-state index in [-0.39, 0.29) is 25.1 Å². The lowest BCUT2D eigenvalue weighted by atomic mass is 9.82. The number of benzene rings is 1. The Bertz CT molecular complexity index is 1300. The van der Waals surface area contributed by atoms with Crippen molar-refractivity contribution in [1.82, 2.24) is 14.7 Å². The number of nitrogens with two attached hydrogens (primary N) is 1. The van der Waals surface area contributed by atoms with Crippen molar-refractivity contribution in [3.05, 3.63) is 70.4 Å². The number of likely N-dealkylation sites (tertiary alicyclic amines) is 1. The predicted molar refractivity (Wildman–Crippen MR) is 153 cm³/mol. The van der Waals surface area contributed by atoms with Crippen molar-refractivity contribution in [2.24, 2.45) is 5.73 Å². The van der Waals surface area contributed by atoms with Crippen LogP contribution >= 0.6 is 0 Å². The molecule has 1 aromatic rings. The number of hydrogen-bond acceptors (Lipinski definition) is 6. The van der Waals surface area contributed by atoms with Crippen LogP contribution in [0.1, 0.15) is 43.2 Å². The van der Waals surface area contributed by atoms with Crippen LogP contribution in [0.15, 0.2) is 53.5 Å². The van der Waals surface area contributed by atoms with Crippen LogP contribution in [-0.2, 0) is 27.0 Å². The Morgan fingerprint density at radius 3 is 2.42 bits per heavy atom. The van der Waals surface area contributed by atoms with E-state index in [2.05, 4.69) is 4.74 Å². The molecule has 3 aliphatic rings. The number of likely N-dealkylation sites (N-methyl/N-ethyl adjacent to an activating group) is 1. The molecule has 14 heteroatoms. The minimum absolute atomic E-state index is 0.00636. The smallest absolute Gasteiger partial charge is 0.448 e. The van der Waals surface area contributed by atoms with Gasteiger partial charge in [0, 0.05) is 57.9 Å². The van der Waals surface area contributed by atoms with E-state index in [1.807, 2.05) is 4.90 Å². The van der Waals surface area contributed by atoms with Gasteiger partial charge in [-0.2, -0.15) is 26.3 Å². The summed E-state index contributed by atoms with van der Waals surface area (Å²) in [6.07, 6.45) is -2.34. The molecule has 1 amide bonds. The zero-order valence-corrected chi connectivity index (χ0v) is 25.3. The Hall–Kier alpha value is -3.10. The molecule has 1 saturated heterocycles. The molecule has 0 atom stereocenters. The van der Waals surface area contributed by atoms with Gasteiger partial charge in [0.1, 0.15) is 11.4 Å². The van der Waals surface area contributed by atoms with E-state index < -0.39 is 47.2 Å². The van der Waals surface area contributed by atoms with Gasteiger partial charge in [0.2, 0.25) is 0 Å². The van der Waals surface area contributed by atoms with Crippen molar-refractivity contribution in [1.29, 1.82) is 0 Å². The lowest BCUT2D eigenvalue weighted by Gasteiger charge is -2.43. The van der Waals surface area contributed by atoms with E-state index in [1.54, 1.807) is 11.0 Å². The van der Waals surface area contributed by atoms with Gasteiger partial charge >= 0.3 is 12.4 Å². The number of rotatable bonds is 11. The molecule has 2 N–H and O–H groups in total. The molecule has 1 aliphatic carbocycles. The summed E-state index contributed by atoms with van der Waals surface area (Å²) < 4.78 is 105. The number of nitrogens with zero attached hydrogens (tertiary/aromatic N) is 3. The van der Waals surface area contributed by atoms with Crippen LogP contribution in [0.5, 0.6) is 0 Å². The van der Waals surface area contributed by atoms with Crippen LogP contribution in [0.25, 0.3) is 0 Å². The summed E-state index contributed by atoms with van der Waals surface area (Å²) in [5.74, 6) is -2.40. The average molecular weight is 649 g/mol. The summed E-state index contributed by atoms with van der Waals surface area (Å²) in [4.78, 5) is 19.5. The predicted octanol–water partition coefficient (Wildman–Crippen LogP) is 5.38. The molecular formula is C31H39F7N4O3. The Labute approximate surface area is 258 Å². The van der Waals surface area contributed by atoms with Gasteiger partial charge in [0.15, 0.2) is 5.76 Å². The Morgan fingerprint density at radius 2 is 1.87 bits per heavy atom. The summed E-state index contributed by atoms with van der Waals surface area (Å²) in [7, 11) is 2.47. The van der Waals surface area contributed by atoms with Crippen molar-refractivity contribution in [3.63, 3.8) is 0 Å². The van der Waals surface area contributed by atoms with Gasteiger partial charge in [0.25, 0.3) is 5.91 Å². The van der Waals surface area contributed by atoms with Crippen molar-refractivity contribution in [3.8, 4) is 0 Å². The number of allylic oxidation sites excluding steroid dienone is 3. The van der Waals surface area contributed by atoms with Crippen LogP contribution < -0.4 is 5.73 Å².